The summed E-state index contributed by atoms with van der Waals surface area (Å²) in [5.41, 5.74) is 0.840. The number of sulfone groups is 1. The van der Waals surface area contributed by atoms with Crippen molar-refractivity contribution in [2.45, 2.75) is 38.2 Å². The van der Waals surface area contributed by atoms with Crippen molar-refractivity contribution in [2.75, 3.05) is 13.4 Å². The summed E-state index contributed by atoms with van der Waals surface area (Å²) in [7, 11) is -2.25. The van der Waals surface area contributed by atoms with Gasteiger partial charge in [0.15, 0.2) is 9.84 Å². The summed E-state index contributed by atoms with van der Waals surface area (Å²) in [5, 5.41) is 0. The highest BCUT2D eigenvalue weighted by Crippen LogP contribution is 2.29. The fraction of sp³-hybridized carbons (Fsp3) is 0.500. The Bertz CT molecular complexity index is 604. The molecule has 112 valence electrons. The van der Waals surface area contributed by atoms with E-state index in [1.807, 2.05) is 13.8 Å². The van der Waals surface area contributed by atoms with E-state index in [1.54, 1.807) is 13.0 Å². The molecule has 0 saturated heterocycles. The van der Waals surface area contributed by atoms with Crippen LogP contribution in [0.15, 0.2) is 17.0 Å². The lowest BCUT2D eigenvalue weighted by Crippen LogP contribution is -2.14. The summed E-state index contributed by atoms with van der Waals surface area (Å²) in [6, 6.07) is 2.88. The molecule has 0 radical (unpaired) electrons. The molecule has 0 amide bonds. The minimum atomic E-state index is -3.50. The molecule has 0 saturated carbocycles. The summed E-state index contributed by atoms with van der Waals surface area (Å²) in [4.78, 5) is 11.6. The van der Waals surface area contributed by atoms with Crippen LogP contribution in [0.5, 0.6) is 5.75 Å². The van der Waals surface area contributed by atoms with E-state index in [4.69, 9.17) is 4.74 Å². The molecule has 0 aromatic heterocycles. The monoisotopic (exact) mass is 300 g/mol. The second-order valence-electron chi connectivity index (χ2n) is 4.71. The SMILES string of the molecule is CCC(C)Oc1cc(C)c(C(=O)OC)cc1S(C)(=O)=O. The largest absolute Gasteiger partial charge is 0.489 e. The van der Waals surface area contributed by atoms with Crippen LogP contribution in [0.2, 0.25) is 0 Å². The lowest BCUT2D eigenvalue weighted by molar-refractivity contribution is 0.0599. The molecule has 0 aliphatic carbocycles. The van der Waals surface area contributed by atoms with Crippen LogP contribution in [0, 0.1) is 6.92 Å². The summed E-state index contributed by atoms with van der Waals surface area (Å²) in [6.45, 7) is 5.51. The number of aryl methyl sites for hydroxylation is 1. The standard InChI is InChI=1S/C14H20O5S/c1-6-10(3)19-12-7-9(2)11(14(15)18-4)8-13(12)20(5,16)17/h7-8,10H,6H2,1-5H3. The van der Waals surface area contributed by atoms with Gasteiger partial charge in [-0.15, -0.1) is 0 Å². The Labute approximate surface area is 119 Å². The molecule has 0 heterocycles. The highest BCUT2D eigenvalue weighted by molar-refractivity contribution is 7.90. The molecule has 1 atom stereocenters. The first-order valence-electron chi connectivity index (χ1n) is 6.30. The van der Waals surface area contributed by atoms with E-state index in [1.165, 1.54) is 13.2 Å². The molecule has 0 aliphatic rings. The Morgan fingerprint density at radius 1 is 1.35 bits per heavy atom. The molecule has 5 nitrogen and oxygen atoms in total. The minimum Gasteiger partial charge on any atom is -0.489 e. The van der Waals surface area contributed by atoms with Gasteiger partial charge in [-0.25, -0.2) is 13.2 Å². The van der Waals surface area contributed by atoms with Gasteiger partial charge < -0.3 is 9.47 Å². The third-order valence-corrected chi connectivity index (χ3v) is 4.12. The molecule has 1 unspecified atom stereocenters. The Morgan fingerprint density at radius 3 is 2.40 bits per heavy atom. The van der Waals surface area contributed by atoms with Gasteiger partial charge >= 0.3 is 5.97 Å². The van der Waals surface area contributed by atoms with Gasteiger partial charge in [0.25, 0.3) is 0 Å². The number of rotatable bonds is 5. The van der Waals surface area contributed by atoms with E-state index >= 15 is 0 Å². The topological polar surface area (TPSA) is 69.7 Å². The lowest BCUT2D eigenvalue weighted by Gasteiger charge is -2.17. The number of hydrogen-bond acceptors (Lipinski definition) is 5. The maximum absolute atomic E-state index is 11.9. The molecule has 0 N–H and O–H groups in total. The molecular formula is C14H20O5S. The number of esters is 1. The van der Waals surface area contributed by atoms with Gasteiger partial charge in [-0.05, 0) is 38.0 Å². The first kappa shape index (κ1) is 16.5. The van der Waals surface area contributed by atoms with Crippen LogP contribution < -0.4 is 4.74 Å². The van der Waals surface area contributed by atoms with E-state index in [0.29, 0.717) is 5.56 Å². The van der Waals surface area contributed by atoms with Crippen molar-refractivity contribution in [3.63, 3.8) is 0 Å². The van der Waals surface area contributed by atoms with Gasteiger partial charge in [0.2, 0.25) is 0 Å². The number of hydrogen-bond donors (Lipinski definition) is 0. The van der Waals surface area contributed by atoms with Crippen LogP contribution >= 0.6 is 0 Å². The van der Waals surface area contributed by atoms with Crippen molar-refractivity contribution in [3.05, 3.63) is 23.3 Å². The van der Waals surface area contributed by atoms with Crippen molar-refractivity contribution in [1.29, 1.82) is 0 Å². The number of ether oxygens (including phenoxy) is 2. The zero-order chi connectivity index (χ0) is 15.5. The van der Waals surface area contributed by atoms with Crippen LogP contribution in [0.3, 0.4) is 0 Å². The molecule has 1 aromatic rings. The highest BCUT2D eigenvalue weighted by atomic mass is 32.2. The number of carbonyl (C=O) groups excluding carboxylic acids is 1. The predicted molar refractivity (Wildman–Crippen MR) is 76.0 cm³/mol. The van der Waals surface area contributed by atoms with E-state index in [2.05, 4.69) is 4.74 Å². The normalized spacial score (nSPS) is 12.8. The van der Waals surface area contributed by atoms with Gasteiger partial charge in [-0.1, -0.05) is 6.92 Å². The minimum absolute atomic E-state index is 0.00352. The Balaban J connectivity index is 3.45. The molecule has 6 heteroatoms. The smallest absolute Gasteiger partial charge is 0.338 e. The quantitative estimate of drug-likeness (QED) is 0.781. The van der Waals surface area contributed by atoms with Gasteiger partial charge in [0.1, 0.15) is 10.6 Å². The fourth-order valence-corrected chi connectivity index (χ4v) is 2.48. The van der Waals surface area contributed by atoms with E-state index in [-0.39, 0.29) is 22.3 Å². The Morgan fingerprint density at radius 2 is 1.95 bits per heavy atom. The lowest BCUT2D eigenvalue weighted by atomic mass is 10.1. The van der Waals surface area contributed by atoms with Crippen LogP contribution in [-0.2, 0) is 14.6 Å². The third-order valence-electron chi connectivity index (χ3n) is 3.00. The van der Waals surface area contributed by atoms with Crippen molar-refractivity contribution >= 4 is 15.8 Å². The van der Waals surface area contributed by atoms with Crippen LogP contribution in [0.4, 0.5) is 0 Å². The van der Waals surface area contributed by atoms with E-state index in [0.717, 1.165) is 12.7 Å². The van der Waals surface area contributed by atoms with Gasteiger partial charge in [-0.2, -0.15) is 0 Å². The number of carbonyl (C=O) groups is 1. The van der Waals surface area contributed by atoms with Crippen LogP contribution in [0.1, 0.15) is 36.2 Å². The molecule has 1 aromatic carbocycles. The Hall–Kier alpha value is -1.56. The molecule has 0 spiro atoms. The summed E-state index contributed by atoms with van der Waals surface area (Å²) < 4.78 is 34.0. The van der Waals surface area contributed by atoms with E-state index < -0.39 is 15.8 Å². The Kier molecular flexibility index (Phi) is 5.16. The third kappa shape index (κ3) is 3.72. The first-order valence-corrected chi connectivity index (χ1v) is 8.19. The number of methoxy groups -OCH3 is 1. The highest BCUT2D eigenvalue weighted by Gasteiger charge is 2.21. The average molecular weight is 300 g/mol. The second kappa shape index (κ2) is 6.26. The average Bonchev–Trinajstić information content (AvgIpc) is 2.36. The van der Waals surface area contributed by atoms with Gasteiger partial charge in [0.05, 0.1) is 18.8 Å². The van der Waals surface area contributed by atoms with Gasteiger partial charge in [-0.3, -0.25) is 0 Å². The van der Waals surface area contributed by atoms with Crippen molar-refractivity contribution in [2.24, 2.45) is 0 Å². The molecular weight excluding hydrogens is 280 g/mol. The molecule has 0 aliphatic heterocycles. The summed E-state index contributed by atoms with van der Waals surface area (Å²) >= 11 is 0. The zero-order valence-corrected chi connectivity index (χ0v) is 13.2. The maximum Gasteiger partial charge on any atom is 0.338 e. The molecule has 0 bridgehead atoms. The number of benzene rings is 1. The molecule has 20 heavy (non-hydrogen) atoms. The van der Waals surface area contributed by atoms with Crippen molar-refractivity contribution < 1.29 is 22.7 Å². The summed E-state index contributed by atoms with van der Waals surface area (Å²) in [5.74, 6) is -0.297. The molecule has 1 rings (SSSR count). The molecule has 0 fully saturated rings. The first-order chi connectivity index (χ1) is 9.20. The summed E-state index contributed by atoms with van der Waals surface area (Å²) in [6.07, 6.45) is 1.72. The van der Waals surface area contributed by atoms with Crippen molar-refractivity contribution in [3.8, 4) is 5.75 Å². The van der Waals surface area contributed by atoms with Crippen LogP contribution in [-0.4, -0.2) is 33.9 Å². The van der Waals surface area contributed by atoms with Crippen molar-refractivity contribution in [1.82, 2.24) is 0 Å². The van der Waals surface area contributed by atoms with Crippen LogP contribution in [0.25, 0.3) is 0 Å². The zero-order valence-electron chi connectivity index (χ0n) is 12.4. The maximum atomic E-state index is 11.9. The van der Waals surface area contributed by atoms with Gasteiger partial charge in [0, 0.05) is 6.26 Å². The fourth-order valence-electron chi connectivity index (χ4n) is 1.67. The predicted octanol–water partition coefficient (Wildman–Crippen LogP) is 2.36. The second-order valence-corrected chi connectivity index (χ2v) is 6.70. The van der Waals surface area contributed by atoms with E-state index in [9.17, 15) is 13.2 Å².